The smallest absolute Gasteiger partial charge is 0.338 e. The average Bonchev–Trinajstić information content (AvgIpc) is 2.94. The Morgan fingerprint density at radius 2 is 1.86 bits per heavy atom. The Kier molecular flexibility index (Phi) is 5.34. The van der Waals surface area contributed by atoms with Crippen LogP contribution in [0.3, 0.4) is 0 Å². The van der Waals surface area contributed by atoms with Crippen molar-refractivity contribution in [3.63, 3.8) is 0 Å². The van der Waals surface area contributed by atoms with Crippen molar-refractivity contribution in [3.8, 4) is 0 Å². The van der Waals surface area contributed by atoms with E-state index in [1.807, 2.05) is 0 Å². The molecule has 1 N–H and O–H groups in total. The van der Waals surface area contributed by atoms with Crippen LogP contribution in [0.5, 0.6) is 0 Å². The van der Waals surface area contributed by atoms with Gasteiger partial charge in [-0.3, -0.25) is 9.59 Å². The van der Waals surface area contributed by atoms with E-state index in [1.54, 1.807) is 44.2 Å². The van der Waals surface area contributed by atoms with Gasteiger partial charge in [-0.2, -0.15) is 0 Å². The van der Waals surface area contributed by atoms with Crippen LogP contribution in [0.25, 0.3) is 10.9 Å². The van der Waals surface area contributed by atoms with Gasteiger partial charge in [0.1, 0.15) is 5.15 Å². The van der Waals surface area contributed by atoms with Crippen molar-refractivity contribution in [1.29, 1.82) is 0 Å². The number of hydrogen-bond donors (Lipinski definition) is 1. The number of carbonyl (C=O) groups is 3. The number of pyridine rings is 1. The van der Waals surface area contributed by atoms with Gasteiger partial charge in [0.2, 0.25) is 5.78 Å². The molecular formula is C21H19ClN2O4. The Bertz CT molecular complexity index is 1120. The summed E-state index contributed by atoms with van der Waals surface area (Å²) < 4.78 is 5.35. The molecule has 144 valence electrons. The zero-order chi connectivity index (χ0) is 20.6. The highest BCUT2D eigenvalue weighted by Gasteiger charge is 2.26. The first-order valence-corrected chi connectivity index (χ1v) is 9.08. The average molecular weight is 399 g/mol. The molecule has 0 amide bonds. The molecule has 7 heteroatoms. The van der Waals surface area contributed by atoms with Crippen molar-refractivity contribution >= 4 is 40.0 Å². The van der Waals surface area contributed by atoms with Crippen LogP contribution < -0.4 is 0 Å². The Labute approximate surface area is 166 Å². The molecule has 3 aromatic rings. The molecule has 0 radical (unpaired) electrons. The van der Waals surface area contributed by atoms with Gasteiger partial charge >= 0.3 is 5.97 Å². The highest BCUT2D eigenvalue weighted by atomic mass is 35.5. The van der Waals surface area contributed by atoms with Crippen LogP contribution >= 0.6 is 11.6 Å². The Morgan fingerprint density at radius 3 is 2.50 bits per heavy atom. The lowest BCUT2D eigenvalue weighted by Gasteiger charge is -2.12. The lowest BCUT2D eigenvalue weighted by atomic mass is 10.0. The fourth-order valence-electron chi connectivity index (χ4n) is 3.24. The number of fused-ring (bicyclic) bond motifs is 1. The number of esters is 1. The van der Waals surface area contributed by atoms with Crippen LogP contribution in [0.4, 0.5) is 0 Å². The lowest BCUT2D eigenvalue weighted by molar-refractivity contribution is 0.0317. The second-order valence-electron chi connectivity index (χ2n) is 6.63. The van der Waals surface area contributed by atoms with Gasteiger partial charge in [0.25, 0.3) is 0 Å². The number of nitrogens with zero attached hydrogens (tertiary/aromatic N) is 1. The number of aromatic nitrogens is 2. The second-order valence-corrected chi connectivity index (χ2v) is 7.02. The third kappa shape index (κ3) is 3.68. The number of aromatic amines is 1. The van der Waals surface area contributed by atoms with Crippen molar-refractivity contribution in [3.05, 3.63) is 63.6 Å². The molecule has 0 aliphatic heterocycles. The summed E-state index contributed by atoms with van der Waals surface area (Å²) in [7, 11) is 0. The van der Waals surface area contributed by atoms with Gasteiger partial charge in [-0.1, -0.05) is 11.6 Å². The first-order chi connectivity index (χ1) is 13.2. The number of nitrogens with one attached hydrogen (secondary N) is 1. The maximum absolute atomic E-state index is 12.7. The molecule has 0 aliphatic rings. The molecule has 28 heavy (non-hydrogen) atoms. The number of carbonyl (C=O) groups excluding carboxylic acids is 3. The summed E-state index contributed by atoms with van der Waals surface area (Å²) in [4.78, 5) is 44.1. The number of ether oxygens (including phenoxy) is 1. The number of Topliss-reactive ketones (excluding diaryl/α,β-unsaturated/α-hetero) is 2. The largest absolute Gasteiger partial charge is 0.451 e. The molecule has 0 fully saturated rings. The molecule has 2 aromatic heterocycles. The van der Waals surface area contributed by atoms with Crippen LogP contribution in [-0.4, -0.2) is 33.6 Å². The second kappa shape index (κ2) is 7.56. The molecule has 0 aliphatic carbocycles. The SMILES string of the molecule is CC(=O)c1c(C)[nH]c(C(=O)C(C)OC(=O)c2ccc3nc(Cl)ccc3c2)c1C. The molecular weight excluding hydrogens is 380 g/mol. The lowest BCUT2D eigenvalue weighted by Crippen LogP contribution is -2.25. The highest BCUT2D eigenvalue weighted by molar-refractivity contribution is 6.29. The van der Waals surface area contributed by atoms with Crippen LogP contribution in [-0.2, 0) is 4.74 Å². The normalized spacial score (nSPS) is 12.0. The quantitative estimate of drug-likeness (QED) is 0.389. The fourth-order valence-corrected chi connectivity index (χ4v) is 3.39. The van der Waals surface area contributed by atoms with Gasteiger partial charge in [-0.15, -0.1) is 0 Å². The van der Waals surface area contributed by atoms with E-state index in [0.717, 1.165) is 5.39 Å². The van der Waals surface area contributed by atoms with E-state index in [0.29, 0.717) is 33.1 Å². The Balaban J connectivity index is 1.81. The van der Waals surface area contributed by atoms with Gasteiger partial charge < -0.3 is 9.72 Å². The zero-order valence-electron chi connectivity index (χ0n) is 15.9. The van der Waals surface area contributed by atoms with E-state index in [-0.39, 0.29) is 11.5 Å². The number of benzene rings is 1. The number of H-pyrrole nitrogens is 1. The molecule has 3 rings (SSSR count). The molecule has 6 nitrogen and oxygen atoms in total. The van der Waals surface area contributed by atoms with Gasteiger partial charge in [0.05, 0.1) is 16.8 Å². The van der Waals surface area contributed by atoms with E-state index < -0.39 is 17.9 Å². The zero-order valence-corrected chi connectivity index (χ0v) is 16.7. The molecule has 1 aromatic carbocycles. The maximum atomic E-state index is 12.7. The standard InChI is InChI=1S/C21H19ClN2O4/c1-10-18(12(3)25)11(2)23-19(10)20(26)13(4)28-21(27)15-5-7-16-14(9-15)6-8-17(22)24-16/h5-9,13,23H,1-4H3. The van der Waals surface area contributed by atoms with Crippen molar-refractivity contribution in [2.75, 3.05) is 0 Å². The predicted octanol–water partition coefficient (Wildman–Crippen LogP) is 4.46. The highest BCUT2D eigenvalue weighted by Crippen LogP contribution is 2.22. The Morgan fingerprint density at radius 1 is 1.14 bits per heavy atom. The molecule has 0 saturated carbocycles. The van der Waals surface area contributed by atoms with Gasteiger partial charge in [0, 0.05) is 16.6 Å². The van der Waals surface area contributed by atoms with E-state index in [9.17, 15) is 14.4 Å². The Hall–Kier alpha value is -2.99. The summed E-state index contributed by atoms with van der Waals surface area (Å²) >= 11 is 5.86. The minimum Gasteiger partial charge on any atom is -0.451 e. The van der Waals surface area contributed by atoms with Crippen molar-refractivity contribution in [1.82, 2.24) is 9.97 Å². The fraction of sp³-hybridized carbons (Fsp3) is 0.238. The molecule has 2 heterocycles. The summed E-state index contributed by atoms with van der Waals surface area (Å²) in [6.07, 6.45) is -1.01. The molecule has 0 saturated heterocycles. The van der Waals surface area contributed by atoms with E-state index in [4.69, 9.17) is 16.3 Å². The molecule has 1 atom stereocenters. The summed E-state index contributed by atoms with van der Waals surface area (Å²) in [5.41, 5.74) is 2.91. The minimum absolute atomic E-state index is 0.125. The van der Waals surface area contributed by atoms with Crippen LogP contribution in [0.15, 0.2) is 30.3 Å². The minimum atomic E-state index is -1.01. The first-order valence-electron chi connectivity index (χ1n) is 8.70. The van der Waals surface area contributed by atoms with Gasteiger partial charge in [-0.05, 0) is 63.6 Å². The van der Waals surface area contributed by atoms with Crippen LogP contribution in [0.1, 0.15) is 56.3 Å². The number of rotatable bonds is 5. The third-order valence-electron chi connectivity index (χ3n) is 4.58. The topological polar surface area (TPSA) is 89.1 Å². The molecule has 0 bridgehead atoms. The number of ketones is 2. The molecule has 1 unspecified atom stereocenters. The number of aryl methyl sites for hydroxylation is 1. The number of hydrogen-bond acceptors (Lipinski definition) is 5. The summed E-state index contributed by atoms with van der Waals surface area (Å²) in [5.74, 6) is -1.14. The first kappa shape index (κ1) is 19.8. The van der Waals surface area contributed by atoms with E-state index in [2.05, 4.69) is 9.97 Å². The van der Waals surface area contributed by atoms with Crippen molar-refractivity contribution in [2.24, 2.45) is 0 Å². The monoisotopic (exact) mass is 398 g/mol. The number of halogens is 1. The molecule has 0 spiro atoms. The van der Waals surface area contributed by atoms with Gasteiger partial charge in [-0.25, -0.2) is 9.78 Å². The van der Waals surface area contributed by atoms with E-state index >= 15 is 0 Å². The third-order valence-corrected chi connectivity index (χ3v) is 4.79. The van der Waals surface area contributed by atoms with Crippen molar-refractivity contribution < 1.29 is 19.1 Å². The van der Waals surface area contributed by atoms with Crippen molar-refractivity contribution in [2.45, 2.75) is 33.8 Å². The summed E-state index contributed by atoms with van der Waals surface area (Å²) in [5, 5.41) is 1.10. The predicted molar refractivity (Wildman–Crippen MR) is 106 cm³/mol. The van der Waals surface area contributed by atoms with Crippen LogP contribution in [0, 0.1) is 13.8 Å². The summed E-state index contributed by atoms with van der Waals surface area (Å²) in [6.45, 7) is 6.38. The summed E-state index contributed by atoms with van der Waals surface area (Å²) in [6, 6.07) is 8.26. The van der Waals surface area contributed by atoms with Gasteiger partial charge in [0.15, 0.2) is 11.9 Å². The maximum Gasteiger partial charge on any atom is 0.338 e. The van der Waals surface area contributed by atoms with E-state index in [1.165, 1.54) is 13.8 Å². The van der Waals surface area contributed by atoms with Crippen LogP contribution in [0.2, 0.25) is 5.15 Å².